The third kappa shape index (κ3) is 8.32. The molecule has 0 aliphatic heterocycles. The van der Waals surface area contributed by atoms with Crippen LogP contribution in [0.2, 0.25) is 0 Å². The lowest BCUT2D eigenvalue weighted by atomic mass is 10.0. The van der Waals surface area contributed by atoms with E-state index >= 15 is 0 Å². The molecular weight excluding hydrogens is 328 g/mol. The number of aryl methyl sites for hydroxylation is 1. The monoisotopic (exact) mass is 369 g/mol. The highest BCUT2D eigenvalue weighted by Gasteiger charge is 2.13. The third-order valence-corrected chi connectivity index (χ3v) is 5.70. The van der Waals surface area contributed by atoms with Crippen LogP contribution in [0.15, 0.2) is 42.7 Å². The molecule has 0 unspecified atom stereocenters. The average molecular weight is 370 g/mol. The van der Waals surface area contributed by atoms with Crippen molar-refractivity contribution in [2.45, 2.75) is 104 Å². The van der Waals surface area contributed by atoms with E-state index in [2.05, 4.69) is 65.7 Å². The summed E-state index contributed by atoms with van der Waals surface area (Å²) in [5.41, 5.74) is 1.25. The fourth-order valence-electron chi connectivity index (χ4n) is 3.90. The molecule has 0 saturated heterocycles. The molecule has 0 spiro atoms. The van der Waals surface area contributed by atoms with Crippen molar-refractivity contribution >= 4 is 0 Å². The standard InChI is InChI=1S/C25H41N2/c1-3-4-5-6-7-8-9-10-11-12-13-14-18-21-26-22-23-27(24(26)2)25-19-16-15-17-20-25/h15-17,19-20,22-23H,3-14,18,21H2,1-2H3/q+1. The summed E-state index contributed by atoms with van der Waals surface area (Å²) >= 11 is 0. The fraction of sp³-hybridized carbons (Fsp3) is 0.640. The summed E-state index contributed by atoms with van der Waals surface area (Å²) in [6, 6.07) is 10.6. The van der Waals surface area contributed by atoms with Crippen molar-refractivity contribution in [3.8, 4) is 5.69 Å². The second-order valence-electron chi connectivity index (χ2n) is 7.99. The number of aromatic nitrogens is 2. The van der Waals surface area contributed by atoms with Crippen molar-refractivity contribution in [1.82, 2.24) is 4.57 Å². The summed E-state index contributed by atoms with van der Waals surface area (Å²) in [4.78, 5) is 0. The van der Waals surface area contributed by atoms with Gasteiger partial charge in [-0.05, 0) is 25.0 Å². The quantitative estimate of drug-likeness (QED) is 0.232. The predicted molar refractivity (Wildman–Crippen MR) is 116 cm³/mol. The van der Waals surface area contributed by atoms with Crippen molar-refractivity contribution in [2.75, 3.05) is 0 Å². The molecule has 0 atom stereocenters. The molecule has 1 aromatic heterocycles. The zero-order chi connectivity index (χ0) is 19.2. The van der Waals surface area contributed by atoms with Gasteiger partial charge >= 0.3 is 0 Å². The van der Waals surface area contributed by atoms with E-state index in [0.29, 0.717) is 0 Å². The Bertz CT molecular complexity index is 600. The maximum atomic E-state index is 2.39. The van der Waals surface area contributed by atoms with Crippen molar-refractivity contribution in [2.24, 2.45) is 0 Å². The van der Waals surface area contributed by atoms with Crippen LogP contribution in [0, 0.1) is 6.92 Å². The molecule has 0 bridgehead atoms. The van der Waals surface area contributed by atoms with E-state index in [1.54, 1.807) is 0 Å². The number of rotatable bonds is 15. The molecule has 150 valence electrons. The predicted octanol–water partition coefficient (Wildman–Crippen LogP) is 7.16. The average Bonchev–Trinajstić information content (AvgIpc) is 3.06. The second-order valence-corrected chi connectivity index (χ2v) is 7.99. The van der Waals surface area contributed by atoms with Gasteiger partial charge in [-0.15, -0.1) is 0 Å². The van der Waals surface area contributed by atoms with Crippen LogP contribution in [0.25, 0.3) is 5.69 Å². The fourth-order valence-corrected chi connectivity index (χ4v) is 3.90. The topological polar surface area (TPSA) is 8.81 Å². The summed E-state index contributed by atoms with van der Waals surface area (Å²) in [7, 11) is 0. The summed E-state index contributed by atoms with van der Waals surface area (Å²) in [5, 5.41) is 0. The molecule has 2 aromatic rings. The molecule has 0 amide bonds. The minimum atomic E-state index is 1.14. The summed E-state index contributed by atoms with van der Waals surface area (Å²) in [5.74, 6) is 1.32. The van der Waals surface area contributed by atoms with Crippen molar-refractivity contribution in [1.29, 1.82) is 0 Å². The van der Waals surface area contributed by atoms with Gasteiger partial charge in [-0.1, -0.05) is 95.8 Å². The molecule has 1 aromatic carbocycles. The molecule has 0 fully saturated rings. The smallest absolute Gasteiger partial charge is 0.234 e. The summed E-state index contributed by atoms with van der Waals surface area (Å²) < 4.78 is 4.67. The molecule has 0 radical (unpaired) electrons. The van der Waals surface area contributed by atoms with E-state index in [1.165, 1.54) is 95.0 Å². The van der Waals surface area contributed by atoms with E-state index < -0.39 is 0 Å². The van der Waals surface area contributed by atoms with Gasteiger partial charge in [0, 0.05) is 6.92 Å². The highest BCUT2D eigenvalue weighted by molar-refractivity contribution is 5.31. The van der Waals surface area contributed by atoms with Gasteiger partial charge in [0.25, 0.3) is 5.82 Å². The maximum absolute atomic E-state index is 2.39. The number of para-hydroxylation sites is 1. The van der Waals surface area contributed by atoms with E-state index in [4.69, 9.17) is 0 Å². The van der Waals surface area contributed by atoms with Crippen LogP contribution < -0.4 is 4.57 Å². The van der Waals surface area contributed by atoms with Gasteiger partial charge in [0.2, 0.25) is 0 Å². The van der Waals surface area contributed by atoms with Crippen LogP contribution in [0.4, 0.5) is 0 Å². The molecule has 1 heterocycles. The molecule has 2 nitrogen and oxygen atoms in total. The van der Waals surface area contributed by atoms with Gasteiger partial charge in [0.05, 0.1) is 6.54 Å². The zero-order valence-electron chi connectivity index (χ0n) is 17.8. The Kier molecular flexibility index (Phi) is 10.9. The minimum Gasteiger partial charge on any atom is -0.234 e. The highest BCUT2D eigenvalue weighted by Crippen LogP contribution is 2.13. The summed E-state index contributed by atoms with van der Waals surface area (Å²) in [6.07, 6.45) is 22.8. The van der Waals surface area contributed by atoms with E-state index in [-0.39, 0.29) is 0 Å². The molecule has 2 heteroatoms. The largest absolute Gasteiger partial charge is 0.258 e. The molecule has 0 N–H and O–H groups in total. The lowest BCUT2D eigenvalue weighted by molar-refractivity contribution is -0.702. The Morgan fingerprint density at radius 3 is 1.78 bits per heavy atom. The second kappa shape index (κ2) is 13.6. The number of nitrogens with zero attached hydrogens (tertiary/aromatic N) is 2. The number of unbranched alkanes of at least 4 members (excludes halogenated alkanes) is 12. The molecule has 0 saturated carbocycles. The summed E-state index contributed by atoms with van der Waals surface area (Å²) in [6.45, 7) is 5.65. The van der Waals surface area contributed by atoms with Crippen LogP contribution in [0.1, 0.15) is 96.2 Å². The van der Waals surface area contributed by atoms with E-state index in [0.717, 1.165) is 6.54 Å². The molecular formula is C25H41N2+. The molecule has 0 aliphatic rings. The molecule has 2 rings (SSSR count). The van der Waals surface area contributed by atoms with E-state index in [9.17, 15) is 0 Å². The zero-order valence-corrected chi connectivity index (χ0v) is 17.8. The number of hydrogen-bond acceptors (Lipinski definition) is 0. The van der Waals surface area contributed by atoms with Crippen molar-refractivity contribution in [3.05, 3.63) is 48.5 Å². The van der Waals surface area contributed by atoms with Gasteiger partial charge in [0.15, 0.2) is 0 Å². The number of hydrogen-bond donors (Lipinski definition) is 0. The first kappa shape index (κ1) is 21.7. The first-order valence-corrected chi connectivity index (χ1v) is 11.5. The van der Waals surface area contributed by atoms with Crippen LogP contribution in [0.3, 0.4) is 0 Å². The molecule has 27 heavy (non-hydrogen) atoms. The first-order chi connectivity index (χ1) is 13.3. The Hall–Kier alpha value is -1.57. The highest BCUT2D eigenvalue weighted by atomic mass is 15.1. The number of benzene rings is 1. The van der Waals surface area contributed by atoms with Gasteiger partial charge < -0.3 is 0 Å². The van der Waals surface area contributed by atoms with Gasteiger partial charge in [-0.25, -0.2) is 9.13 Å². The molecule has 0 aliphatic carbocycles. The minimum absolute atomic E-state index is 1.14. The third-order valence-electron chi connectivity index (χ3n) is 5.70. The lowest BCUT2D eigenvalue weighted by Crippen LogP contribution is -2.35. The Labute approximate surface area is 167 Å². The Morgan fingerprint density at radius 1 is 0.704 bits per heavy atom. The van der Waals surface area contributed by atoms with Crippen molar-refractivity contribution < 1.29 is 4.57 Å². The van der Waals surface area contributed by atoms with Crippen LogP contribution in [-0.2, 0) is 6.54 Å². The van der Waals surface area contributed by atoms with Crippen LogP contribution in [-0.4, -0.2) is 4.57 Å². The van der Waals surface area contributed by atoms with E-state index in [1.807, 2.05) is 0 Å². The Morgan fingerprint density at radius 2 is 1.22 bits per heavy atom. The van der Waals surface area contributed by atoms with Gasteiger partial charge in [-0.2, -0.15) is 0 Å². The maximum Gasteiger partial charge on any atom is 0.258 e. The first-order valence-electron chi connectivity index (χ1n) is 11.5. The van der Waals surface area contributed by atoms with Crippen LogP contribution >= 0.6 is 0 Å². The SMILES string of the molecule is CCCCCCCCCCCCCCC[n+]1ccn(-c2ccccc2)c1C. The lowest BCUT2D eigenvalue weighted by Gasteiger charge is -2.03. The van der Waals surface area contributed by atoms with Gasteiger partial charge in [-0.3, -0.25) is 0 Å². The Balaban J connectivity index is 1.49. The van der Waals surface area contributed by atoms with Crippen molar-refractivity contribution in [3.63, 3.8) is 0 Å². The number of imidazole rings is 1. The van der Waals surface area contributed by atoms with Crippen LogP contribution in [0.5, 0.6) is 0 Å². The normalized spacial score (nSPS) is 11.2. The van der Waals surface area contributed by atoms with Gasteiger partial charge in [0.1, 0.15) is 18.1 Å².